The molecular formula is C26H40N2. The van der Waals surface area contributed by atoms with Crippen LogP contribution in [0.2, 0.25) is 0 Å². The van der Waals surface area contributed by atoms with E-state index < -0.39 is 0 Å². The predicted molar refractivity (Wildman–Crippen MR) is 122 cm³/mol. The van der Waals surface area contributed by atoms with Gasteiger partial charge in [-0.25, -0.2) is 0 Å². The maximum Gasteiger partial charge on any atom is 0.0230 e. The third kappa shape index (κ3) is 10.6. The molecule has 0 aliphatic heterocycles. The summed E-state index contributed by atoms with van der Waals surface area (Å²) in [5, 5.41) is 0. The van der Waals surface area contributed by atoms with E-state index in [0.29, 0.717) is 0 Å². The Bertz CT molecular complexity index is 541. The second-order valence-electron chi connectivity index (χ2n) is 8.28. The quantitative estimate of drug-likeness (QED) is 0.331. The van der Waals surface area contributed by atoms with Crippen LogP contribution in [0.5, 0.6) is 0 Å². The maximum atomic E-state index is 2.45. The molecule has 2 rings (SSSR count). The Morgan fingerprint density at radius 2 is 0.786 bits per heavy atom. The van der Waals surface area contributed by atoms with Crippen LogP contribution in [-0.4, -0.2) is 37.0 Å². The highest BCUT2D eigenvalue weighted by Gasteiger charge is 2.01. The molecule has 0 fully saturated rings. The van der Waals surface area contributed by atoms with Gasteiger partial charge in [-0.3, -0.25) is 0 Å². The number of rotatable bonds is 15. The van der Waals surface area contributed by atoms with Gasteiger partial charge in [0.15, 0.2) is 0 Å². The first-order chi connectivity index (χ1) is 13.7. The summed E-state index contributed by atoms with van der Waals surface area (Å²) in [6.07, 6.45) is 11.0. The molecule has 0 atom stereocenters. The lowest BCUT2D eigenvalue weighted by molar-refractivity contribution is 0.313. The summed E-state index contributed by atoms with van der Waals surface area (Å²) in [5.41, 5.74) is 2.83. The SMILES string of the molecule is CN(CCCCCCCCCCN(C)Cc1ccccc1)Cc1ccccc1. The number of hydrogen-bond acceptors (Lipinski definition) is 2. The fraction of sp³-hybridized carbons (Fsp3) is 0.538. The second kappa shape index (κ2) is 14.4. The Morgan fingerprint density at radius 1 is 0.464 bits per heavy atom. The summed E-state index contributed by atoms with van der Waals surface area (Å²) in [4.78, 5) is 4.89. The number of benzene rings is 2. The highest BCUT2D eigenvalue weighted by molar-refractivity contribution is 5.14. The Labute approximate surface area is 173 Å². The van der Waals surface area contributed by atoms with Crippen LogP contribution in [-0.2, 0) is 13.1 Å². The molecule has 2 aromatic rings. The molecule has 2 heteroatoms. The molecule has 0 saturated carbocycles. The van der Waals surface area contributed by atoms with E-state index in [-0.39, 0.29) is 0 Å². The second-order valence-corrected chi connectivity index (χ2v) is 8.28. The molecule has 0 aliphatic rings. The van der Waals surface area contributed by atoms with E-state index in [4.69, 9.17) is 0 Å². The van der Waals surface area contributed by atoms with Crippen molar-refractivity contribution in [1.82, 2.24) is 9.80 Å². The molecule has 28 heavy (non-hydrogen) atoms. The Morgan fingerprint density at radius 3 is 1.14 bits per heavy atom. The van der Waals surface area contributed by atoms with Gasteiger partial charge in [0.25, 0.3) is 0 Å². The largest absolute Gasteiger partial charge is 0.302 e. The van der Waals surface area contributed by atoms with Gasteiger partial charge in [0.2, 0.25) is 0 Å². The van der Waals surface area contributed by atoms with E-state index in [2.05, 4.69) is 84.6 Å². The molecule has 154 valence electrons. The molecule has 0 heterocycles. The molecule has 2 nitrogen and oxygen atoms in total. The molecule has 0 radical (unpaired) electrons. The summed E-state index contributed by atoms with van der Waals surface area (Å²) in [6, 6.07) is 21.6. The predicted octanol–water partition coefficient (Wildman–Crippen LogP) is 6.37. The third-order valence-electron chi connectivity index (χ3n) is 5.42. The fourth-order valence-corrected chi connectivity index (χ4v) is 3.77. The van der Waals surface area contributed by atoms with Crippen LogP contribution in [0, 0.1) is 0 Å². The van der Waals surface area contributed by atoms with Crippen LogP contribution in [0.4, 0.5) is 0 Å². The summed E-state index contributed by atoms with van der Waals surface area (Å²) in [5.74, 6) is 0. The topological polar surface area (TPSA) is 6.48 Å². The lowest BCUT2D eigenvalue weighted by Crippen LogP contribution is -2.19. The van der Waals surface area contributed by atoms with E-state index >= 15 is 0 Å². The monoisotopic (exact) mass is 380 g/mol. The summed E-state index contributed by atoms with van der Waals surface area (Å²) in [6.45, 7) is 4.56. The molecule has 0 aromatic heterocycles. The van der Waals surface area contributed by atoms with Gasteiger partial charge in [-0.15, -0.1) is 0 Å². The molecule has 0 aliphatic carbocycles. The zero-order valence-corrected chi connectivity index (χ0v) is 18.2. The van der Waals surface area contributed by atoms with Crippen molar-refractivity contribution < 1.29 is 0 Å². The van der Waals surface area contributed by atoms with Gasteiger partial charge < -0.3 is 9.80 Å². The van der Waals surface area contributed by atoms with Crippen LogP contribution in [0.1, 0.15) is 62.5 Å². The van der Waals surface area contributed by atoms with Crippen LogP contribution in [0.25, 0.3) is 0 Å². The summed E-state index contributed by atoms with van der Waals surface area (Å²) >= 11 is 0. The number of unbranched alkanes of at least 4 members (excludes halogenated alkanes) is 7. The van der Waals surface area contributed by atoms with Crippen LogP contribution < -0.4 is 0 Å². The molecule has 0 amide bonds. The van der Waals surface area contributed by atoms with Crippen LogP contribution in [0.3, 0.4) is 0 Å². The smallest absolute Gasteiger partial charge is 0.0230 e. The lowest BCUT2D eigenvalue weighted by Gasteiger charge is -2.16. The Hall–Kier alpha value is -1.64. The molecule has 0 N–H and O–H groups in total. The normalized spacial score (nSPS) is 11.4. The molecule has 2 aromatic carbocycles. The van der Waals surface area contributed by atoms with Crippen LogP contribution in [0.15, 0.2) is 60.7 Å². The molecular weight excluding hydrogens is 340 g/mol. The van der Waals surface area contributed by atoms with E-state index in [0.717, 1.165) is 13.1 Å². The number of hydrogen-bond donors (Lipinski definition) is 0. The van der Waals surface area contributed by atoms with Crippen molar-refractivity contribution in [2.24, 2.45) is 0 Å². The minimum atomic E-state index is 1.07. The third-order valence-corrected chi connectivity index (χ3v) is 5.42. The summed E-state index contributed by atoms with van der Waals surface area (Å²) < 4.78 is 0. The summed E-state index contributed by atoms with van der Waals surface area (Å²) in [7, 11) is 4.48. The lowest BCUT2D eigenvalue weighted by atomic mass is 10.1. The number of nitrogens with zero attached hydrogens (tertiary/aromatic N) is 2. The van der Waals surface area contributed by atoms with Crippen molar-refractivity contribution >= 4 is 0 Å². The molecule has 0 unspecified atom stereocenters. The van der Waals surface area contributed by atoms with Gasteiger partial charge in [0.05, 0.1) is 0 Å². The first-order valence-corrected chi connectivity index (χ1v) is 11.2. The van der Waals surface area contributed by atoms with E-state index in [1.807, 2.05) is 0 Å². The van der Waals surface area contributed by atoms with E-state index in [9.17, 15) is 0 Å². The van der Waals surface area contributed by atoms with Gasteiger partial charge >= 0.3 is 0 Å². The van der Waals surface area contributed by atoms with Gasteiger partial charge in [-0.2, -0.15) is 0 Å². The Kier molecular flexibility index (Phi) is 11.6. The fourth-order valence-electron chi connectivity index (χ4n) is 3.77. The van der Waals surface area contributed by atoms with Gasteiger partial charge in [-0.05, 0) is 51.2 Å². The molecule has 0 bridgehead atoms. The van der Waals surface area contributed by atoms with Gasteiger partial charge in [-0.1, -0.05) is 99.2 Å². The van der Waals surface area contributed by atoms with E-state index in [1.54, 1.807) is 0 Å². The molecule has 0 spiro atoms. The van der Waals surface area contributed by atoms with Crippen molar-refractivity contribution in [3.05, 3.63) is 71.8 Å². The van der Waals surface area contributed by atoms with Crippen molar-refractivity contribution in [3.63, 3.8) is 0 Å². The zero-order chi connectivity index (χ0) is 19.9. The van der Waals surface area contributed by atoms with Crippen molar-refractivity contribution in [1.29, 1.82) is 0 Å². The average Bonchev–Trinajstić information content (AvgIpc) is 2.71. The minimum Gasteiger partial charge on any atom is -0.302 e. The zero-order valence-electron chi connectivity index (χ0n) is 18.2. The van der Waals surface area contributed by atoms with Gasteiger partial charge in [0, 0.05) is 13.1 Å². The van der Waals surface area contributed by atoms with Crippen molar-refractivity contribution in [2.75, 3.05) is 27.2 Å². The van der Waals surface area contributed by atoms with Crippen LogP contribution >= 0.6 is 0 Å². The maximum absolute atomic E-state index is 2.45. The highest BCUT2D eigenvalue weighted by atomic mass is 15.1. The highest BCUT2D eigenvalue weighted by Crippen LogP contribution is 2.11. The first-order valence-electron chi connectivity index (χ1n) is 11.2. The van der Waals surface area contributed by atoms with Crippen molar-refractivity contribution in [2.45, 2.75) is 64.5 Å². The Balaban J connectivity index is 1.37. The standard InChI is InChI=1S/C26H40N2/c1-27(23-25-17-11-9-12-18-25)21-15-7-5-3-4-6-8-16-22-28(2)24-26-19-13-10-14-20-26/h9-14,17-20H,3-8,15-16,21-24H2,1-2H3. The molecule has 0 saturated heterocycles. The van der Waals surface area contributed by atoms with E-state index in [1.165, 1.54) is 75.6 Å². The first kappa shape index (κ1) is 22.6. The minimum absolute atomic E-state index is 1.07. The van der Waals surface area contributed by atoms with Crippen molar-refractivity contribution in [3.8, 4) is 0 Å². The average molecular weight is 381 g/mol. The van der Waals surface area contributed by atoms with Gasteiger partial charge in [0.1, 0.15) is 0 Å².